The van der Waals surface area contributed by atoms with Crippen LogP contribution in [0.2, 0.25) is 0 Å². The van der Waals surface area contributed by atoms with Gasteiger partial charge in [-0.25, -0.2) is 0 Å². The fraction of sp³-hybridized carbons (Fsp3) is 0.0417. The average Bonchev–Trinajstić information content (AvgIpc) is 3.06. The van der Waals surface area contributed by atoms with Crippen LogP contribution >= 0.6 is 0 Å². The van der Waals surface area contributed by atoms with Crippen molar-refractivity contribution in [1.82, 2.24) is 0 Å². The first-order chi connectivity index (χ1) is 13.3. The van der Waals surface area contributed by atoms with E-state index in [4.69, 9.17) is 4.74 Å². The van der Waals surface area contributed by atoms with Gasteiger partial charge in [0.2, 0.25) is 0 Å². The Balaban J connectivity index is 1.78. The topological polar surface area (TPSA) is 29.5 Å². The van der Waals surface area contributed by atoms with Crippen LogP contribution in [0.15, 0.2) is 96.6 Å². The van der Waals surface area contributed by atoms with E-state index in [1.807, 2.05) is 97.1 Å². The lowest BCUT2D eigenvalue weighted by Crippen LogP contribution is -2.24. The van der Waals surface area contributed by atoms with Crippen molar-refractivity contribution in [2.24, 2.45) is 0 Å². The van der Waals surface area contributed by atoms with Gasteiger partial charge in [-0.2, -0.15) is 0 Å². The second-order valence-electron chi connectivity index (χ2n) is 6.24. The van der Waals surface area contributed by atoms with E-state index in [0.29, 0.717) is 5.57 Å². The summed E-state index contributed by atoms with van der Waals surface area (Å²) < 4.78 is 5.20. The number of anilines is 1. The minimum absolute atomic E-state index is 0.0316. The summed E-state index contributed by atoms with van der Waals surface area (Å²) in [5.41, 5.74) is 4.36. The molecule has 3 heteroatoms. The lowest BCUT2D eigenvalue weighted by atomic mass is 10.1. The van der Waals surface area contributed by atoms with Crippen molar-refractivity contribution in [3.05, 3.63) is 108 Å². The highest BCUT2D eigenvalue weighted by atomic mass is 16.5. The normalized spacial score (nSPS) is 15.1. The van der Waals surface area contributed by atoms with Gasteiger partial charge in [0.15, 0.2) is 0 Å². The van der Waals surface area contributed by atoms with Gasteiger partial charge in [0, 0.05) is 11.3 Å². The Bertz CT molecular complexity index is 1000. The van der Waals surface area contributed by atoms with Crippen LogP contribution in [0.3, 0.4) is 0 Å². The number of hydrogen-bond acceptors (Lipinski definition) is 2. The quantitative estimate of drug-likeness (QED) is 0.606. The van der Waals surface area contributed by atoms with Crippen LogP contribution in [-0.4, -0.2) is 13.0 Å². The molecule has 0 aliphatic carbocycles. The number of benzene rings is 3. The van der Waals surface area contributed by atoms with Gasteiger partial charge < -0.3 is 4.74 Å². The summed E-state index contributed by atoms with van der Waals surface area (Å²) >= 11 is 0. The van der Waals surface area contributed by atoms with E-state index in [-0.39, 0.29) is 5.91 Å². The van der Waals surface area contributed by atoms with Crippen LogP contribution in [0.25, 0.3) is 11.8 Å². The molecule has 27 heavy (non-hydrogen) atoms. The van der Waals surface area contributed by atoms with Crippen molar-refractivity contribution in [2.75, 3.05) is 12.0 Å². The Kier molecular flexibility index (Phi) is 4.58. The summed E-state index contributed by atoms with van der Waals surface area (Å²) in [6.07, 6.45) is 3.86. The average molecular weight is 353 g/mol. The first-order valence-electron chi connectivity index (χ1n) is 8.78. The van der Waals surface area contributed by atoms with Crippen molar-refractivity contribution >= 4 is 23.4 Å². The Morgan fingerprint density at radius 2 is 1.44 bits per heavy atom. The molecular weight excluding hydrogens is 334 g/mol. The highest BCUT2D eigenvalue weighted by molar-refractivity contribution is 6.23. The highest BCUT2D eigenvalue weighted by Crippen LogP contribution is 2.35. The molecule has 3 aromatic carbocycles. The van der Waals surface area contributed by atoms with E-state index >= 15 is 0 Å². The van der Waals surface area contributed by atoms with E-state index in [9.17, 15) is 4.79 Å². The summed E-state index contributed by atoms with van der Waals surface area (Å²) in [5, 5.41) is 0. The van der Waals surface area contributed by atoms with Crippen molar-refractivity contribution in [3.63, 3.8) is 0 Å². The monoisotopic (exact) mass is 353 g/mol. The lowest BCUT2D eigenvalue weighted by Gasteiger charge is -2.20. The zero-order valence-electron chi connectivity index (χ0n) is 15.0. The summed E-state index contributed by atoms with van der Waals surface area (Å²) in [7, 11) is 1.64. The van der Waals surface area contributed by atoms with Gasteiger partial charge in [-0.1, -0.05) is 60.7 Å². The van der Waals surface area contributed by atoms with Crippen molar-refractivity contribution in [1.29, 1.82) is 0 Å². The van der Waals surface area contributed by atoms with Gasteiger partial charge in [0.1, 0.15) is 5.75 Å². The maximum Gasteiger partial charge on any atom is 0.262 e. The molecule has 1 aliphatic rings. The molecular formula is C24H19NO2. The van der Waals surface area contributed by atoms with Crippen molar-refractivity contribution in [2.45, 2.75) is 0 Å². The van der Waals surface area contributed by atoms with Crippen LogP contribution in [0.1, 0.15) is 11.1 Å². The van der Waals surface area contributed by atoms with Gasteiger partial charge in [0.05, 0.1) is 12.8 Å². The Hall–Kier alpha value is -3.59. The van der Waals surface area contributed by atoms with Crippen LogP contribution < -0.4 is 9.64 Å². The maximum absolute atomic E-state index is 13.2. The minimum Gasteiger partial charge on any atom is -0.497 e. The van der Waals surface area contributed by atoms with E-state index < -0.39 is 0 Å². The van der Waals surface area contributed by atoms with Gasteiger partial charge in [-0.15, -0.1) is 0 Å². The van der Waals surface area contributed by atoms with E-state index in [1.165, 1.54) is 0 Å². The molecule has 3 nitrogen and oxygen atoms in total. The molecule has 1 heterocycles. The molecule has 0 unspecified atom stereocenters. The molecule has 0 spiro atoms. The van der Waals surface area contributed by atoms with E-state index in [1.54, 1.807) is 12.0 Å². The number of carbonyl (C=O) groups excluding carboxylic acids is 1. The zero-order chi connectivity index (χ0) is 18.6. The molecule has 0 atom stereocenters. The fourth-order valence-corrected chi connectivity index (χ4v) is 3.15. The Morgan fingerprint density at radius 1 is 0.815 bits per heavy atom. The molecule has 0 aromatic heterocycles. The molecule has 0 saturated heterocycles. The Labute approximate surface area is 158 Å². The number of hydrogen-bond donors (Lipinski definition) is 0. The summed E-state index contributed by atoms with van der Waals surface area (Å²) in [4.78, 5) is 15.0. The van der Waals surface area contributed by atoms with Gasteiger partial charge in [-0.05, 0) is 47.5 Å². The first-order valence-corrected chi connectivity index (χ1v) is 8.78. The predicted molar refractivity (Wildman–Crippen MR) is 109 cm³/mol. The number of para-hydroxylation sites is 1. The molecule has 0 bridgehead atoms. The largest absolute Gasteiger partial charge is 0.497 e. The smallest absolute Gasteiger partial charge is 0.262 e. The highest BCUT2D eigenvalue weighted by Gasteiger charge is 2.30. The number of nitrogens with zero attached hydrogens (tertiary/aromatic N) is 1. The molecule has 0 saturated carbocycles. The maximum atomic E-state index is 13.2. The van der Waals surface area contributed by atoms with Gasteiger partial charge in [0.25, 0.3) is 5.91 Å². The molecule has 3 aromatic rings. The van der Waals surface area contributed by atoms with E-state index in [0.717, 1.165) is 28.3 Å². The van der Waals surface area contributed by atoms with Crippen molar-refractivity contribution in [3.8, 4) is 5.75 Å². The van der Waals surface area contributed by atoms with Gasteiger partial charge >= 0.3 is 0 Å². The fourth-order valence-electron chi connectivity index (χ4n) is 3.15. The van der Waals surface area contributed by atoms with Crippen LogP contribution in [0.4, 0.5) is 5.69 Å². The second kappa shape index (κ2) is 7.34. The molecule has 0 fully saturated rings. The number of rotatable bonds is 4. The summed E-state index contributed by atoms with van der Waals surface area (Å²) in [6, 6.07) is 27.4. The Morgan fingerprint density at radius 3 is 2.07 bits per heavy atom. The number of carbonyl (C=O) groups is 1. The molecule has 132 valence electrons. The zero-order valence-corrected chi connectivity index (χ0v) is 15.0. The first kappa shape index (κ1) is 16.9. The third-order valence-corrected chi connectivity index (χ3v) is 4.51. The van der Waals surface area contributed by atoms with Crippen molar-refractivity contribution < 1.29 is 9.53 Å². The minimum atomic E-state index is -0.0316. The SMILES string of the molecule is COc1ccc(/C=C2/C=C(c3ccccc3)N(c3ccccc3)C2=O)cc1. The molecule has 0 radical (unpaired) electrons. The standard InChI is InChI=1S/C24H19NO2/c1-27-22-14-12-18(13-15-22)16-20-17-23(19-8-4-2-5-9-19)25(24(20)26)21-10-6-3-7-11-21/h2-17H,1H3/b20-16-. The van der Waals surface area contributed by atoms with Crippen LogP contribution in [0, 0.1) is 0 Å². The van der Waals surface area contributed by atoms with Gasteiger partial charge in [-0.3, -0.25) is 9.69 Å². The molecule has 1 aliphatic heterocycles. The number of methoxy groups -OCH3 is 1. The summed E-state index contributed by atoms with van der Waals surface area (Å²) in [6.45, 7) is 0. The predicted octanol–water partition coefficient (Wildman–Crippen LogP) is 5.17. The third-order valence-electron chi connectivity index (χ3n) is 4.51. The summed E-state index contributed by atoms with van der Waals surface area (Å²) in [5.74, 6) is 0.761. The molecule has 0 N–H and O–H groups in total. The number of ether oxygens (including phenoxy) is 1. The lowest BCUT2D eigenvalue weighted by molar-refractivity contribution is -0.113. The van der Waals surface area contributed by atoms with E-state index in [2.05, 4.69) is 0 Å². The molecule has 4 rings (SSSR count). The second-order valence-corrected chi connectivity index (χ2v) is 6.24. The number of amides is 1. The van der Waals surface area contributed by atoms with Crippen LogP contribution in [0.5, 0.6) is 5.75 Å². The molecule has 1 amide bonds. The third kappa shape index (κ3) is 3.40. The van der Waals surface area contributed by atoms with Crippen LogP contribution in [-0.2, 0) is 4.79 Å².